The van der Waals surface area contributed by atoms with Gasteiger partial charge in [0.2, 0.25) is 5.91 Å². The van der Waals surface area contributed by atoms with Gasteiger partial charge in [-0.15, -0.1) is 0 Å². The third-order valence-electron chi connectivity index (χ3n) is 5.46. The van der Waals surface area contributed by atoms with Crippen LogP contribution in [-0.4, -0.2) is 63.1 Å². The van der Waals surface area contributed by atoms with Crippen molar-refractivity contribution in [1.29, 1.82) is 0 Å². The van der Waals surface area contributed by atoms with E-state index in [9.17, 15) is 9.59 Å². The molecular formula is C22H26N4O3. The van der Waals surface area contributed by atoms with Crippen molar-refractivity contribution >= 4 is 28.9 Å². The third kappa shape index (κ3) is 4.19. The van der Waals surface area contributed by atoms with Gasteiger partial charge in [-0.1, -0.05) is 12.1 Å². The molecule has 7 nitrogen and oxygen atoms in total. The van der Waals surface area contributed by atoms with Crippen LogP contribution in [0.15, 0.2) is 42.5 Å². The monoisotopic (exact) mass is 394 g/mol. The van der Waals surface area contributed by atoms with Crippen LogP contribution in [-0.2, 0) is 9.59 Å². The number of para-hydroxylation sites is 2. The lowest BCUT2D eigenvalue weighted by Crippen LogP contribution is -2.44. The average molecular weight is 394 g/mol. The van der Waals surface area contributed by atoms with Gasteiger partial charge in [0.25, 0.3) is 5.91 Å². The summed E-state index contributed by atoms with van der Waals surface area (Å²) in [5.41, 5.74) is 3.57. The zero-order valence-electron chi connectivity index (χ0n) is 16.9. The van der Waals surface area contributed by atoms with E-state index in [1.54, 1.807) is 12.1 Å². The van der Waals surface area contributed by atoms with Crippen LogP contribution in [0.5, 0.6) is 5.75 Å². The van der Waals surface area contributed by atoms with Gasteiger partial charge in [0.1, 0.15) is 12.3 Å². The highest BCUT2D eigenvalue weighted by Gasteiger charge is 2.27. The Morgan fingerprint density at radius 3 is 2.62 bits per heavy atom. The van der Waals surface area contributed by atoms with E-state index in [2.05, 4.69) is 28.2 Å². The Morgan fingerprint density at radius 2 is 1.86 bits per heavy atom. The van der Waals surface area contributed by atoms with Crippen molar-refractivity contribution in [3.05, 3.63) is 48.0 Å². The molecular weight excluding hydrogens is 368 g/mol. The average Bonchev–Trinajstić information content (AvgIpc) is 2.72. The van der Waals surface area contributed by atoms with Gasteiger partial charge in [0.15, 0.2) is 6.61 Å². The molecule has 2 aromatic carbocycles. The van der Waals surface area contributed by atoms with Crippen LogP contribution in [0.2, 0.25) is 0 Å². The zero-order valence-corrected chi connectivity index (χ0v) is 16.9. The first-order valence-electron chi connectivity index (χ1n) is 9.87. The lowest BCUT2D eigenvalue weighted by Gasteiger charge is -2.34. The van der Waals surface area contributed by atoms with Gasteiger partial charge in [-0.05, 0) is 49.9 Å². The molecule has 152 valence electrons. The molecule has 0 spiro atoms. The second-order valence-electron chi connectivity index (χ2n) is 7.57. The van der Waals surface area contributed by atoms with Crippen LogP contribution in [0.1, 0.15) is 5.56 Å². The number of aryl methyl sites for hydroxylation is 1. The molecule has 1 saturated heterocycles. The van der Waals surface area contributed by atoms with Crippen molar-refractivity contribution < 1.29 is 14.3 Å². The van der Waals surface area contributed by atoms with E-state index >= 15 is 0 Å². The maximum atomic E-state index is 12.6. The number of anilines is 3. The number of likely N-dealkylation sites (N-methyl/N-ethyl adjacent to an activating group) is 1. The van der Waals surface area contributed by atoms with E-state index in [4.69, 9.17) is 4.74 Å². The molecule has 29 heavy (non-hydrogen) atoms. The Hall–Kier alpha value is -3.06. The summed E-state index contributed by atoms with van der Waals surface area (Å²) in [4.78, 5) is 31.1. The third-order valence-corrected chi connectivity index (χ3v) is 5.46. The quantitative estimate of drug-likeness (QED) is 0.861. The van der Waals surface area contributed by atoms with Gasteiger partial charge in [-0.2, -0.15) is 0 Å². The molecule has 7 heteroatoms. The number of piperazine rings is 1. The summed E-state index contributed by atoms with van der Waals surface area (Å²) in [6.07, 6.45) is 0. The number of amides is 2. The molecule has 0 aliphatic carbocycles. The highest BCUT2D eigenvalue weighted by molar-refractivity contribution is 6.05. The highest BCUT2D eigenvalue weighted by atomic mass is 16.5. The van der Waals surface area contributed by atoms with Crippen LogP contribution in [0.25, 0.3) is 0 Å². The number of fused-ring (bicyclic) bond motifs is 1. The number of nitrogens with zero attached hydrogens (tertiary/aromatic N) is 3. The number of rotatable bonds is 4. The Balaban J connectivity index is 1.43. The molecule has 0 aromatic heterocycles. The van der Waals surface area contributed by atoms with Gasteiger partial charge in [-0.3, -0.25) is 14.5 Å². The second kappa shape index (κ2) is 8.13. The van der Waals surface area contributed by atoms with Gasteiger partial charge in [0, 0.05) is 37.6 Å². The van der Waals surface area contributed by atoms with E-state index in [1.807, 2.05) is 31.2 Å². The number of hydrogen-bond donors (Lipinski definition) is 1. The topological polar surface area (TPSA) is 65.1 Å². The predicted octanol–water partition coefficient (Wildman–Crippen LogP) is 2.11. The number of ether oxygens (including phenoxy) is 1. The van der Waals surface area contributed by atoms with Gasteiger partial charge in [-0.25, -0.2) is 0 Å². The summed E-state index contributed by atoms with van der Waals surface area (Å²) in [5, 5.41) is 2.95. The summed E-state index contributed by atoms with van der Waals surface area (Å²) in [7, 11) is 2.14. The first-order valence-corrected chi connectivity index (χ1v) is 9.87. The lowest BCUT2D eigenvalue weighted by atomic mass is 10.1. The predicted molar refractivity (Wildman–Crippen MR) is 114 cm³/mol. The molecule has 0 atom stereocenters. The zero-order chi connectivity index (χ0) is 20.4. The maximum absolute atomic E-state index is 12.6. The summed E-state index contributed by atoms with van der Waals surface area (Å²) < 4.78 is 5.43. The molecule has 2 aliphatic rings. The Morgan fingerprint density at radius 1 is 1.10 bits per heavy atom. The standard InChI is InChI=1S/C22H26N4O3/c1-16-13-17(25-11-9-24(2)10-12-25)7-8-18(16)23-21(27)14-26-19-5-3-4-6-20(19)29-15-22(26)28/h3-8,13H,9-12,14-15H2,1-2H3,(H,23,27). The van der Waals surface area contributed by atoms with Crippen molar-refractivity contribution in [2.24, 2.45) is 0 Å². The number of carbonyl (C=O) groups is 2. The first kappa shape index (κ1) is 19.3. The Kier molecular flexibility index (Phi) is 5.40. The number of benzene rings is 2. The van der Waals surface area contributed by atoms with Crippen molar-refractivity contribution in [2.45, 2.75) is 6.92 Å². The molecule has 0 unspecified atom stereocenters. The normalized spacial score (nSPS) is 17.0. The maximum Gasteiger partial charge on any atom is 0.265 e. The minimum absolute atomic E-state index is 0.0428. The van der Waals surface area contributed by atoms with E-state index in [1.165, 1.54) is 10.6 Å². The van der Waals surface area contributed by atoms with E-state index in [0.29, 0.717) is 11.4 Å². The van der Waals surface area contributed by atoms with E-state index in [-0.39, 0.29) is 25.0 Å². The number of carbonyl (C=O) groups excluding carboxylic acids is 2. The molecule has 2 aromatic rings. The molecule has 2 amide bonds. The largest absolute Gasteiger partial charge is 0.482 e. The minimum Gasteiger partial charge on any atom is -0.482 e. The fourth-order valence-electron chi connectivity index (χ4n) is 3.71. The molecule has 1 N–H and O–H groups in total. The molecule has 2 aliphatic heterocycles. The molecule has 4 rings (SSSR count). The van der Waals surface area contributed by atoms with E-state index < -0.39 is 0 Å². The molecule has 0 radical (unpaired) electrons. The summed E-state index contributed by atoms with van der Waals surface area (Å²) in [5.74, 6) is 0.166. The number of hydrogen-bond acceptors (Lipinski definition) is 5. The number of nitrogens with one attached hydrogen (secondary N) is 1. The lowest BCUT2D eigenvalue weighted by molar-refractivity contribution is -0.123. The van der Waals surface area contributed by atoms with Gasteiger partial charge >= 0.3 is 0 Å². The summed E-state index contributed by atoms with van der Waals surface area (Å²) in [6, 6.07) is 13.4. The van der Waals surface area contributed by atoms with Gasteiger partial charge in [0.05, 0.1) is 5.69 Å². The minimum atomic E-state index is -0.231. The Labute approximate surface area is 170 Å². The molecule has 2 heterocycles. The van der Waals surface area contributed by atoms with Crippen molar-refractivity contribution in [3.8, 4) is 5.75 Å². The van der Waals surface area contributed by atoms with Crippen LogP contribution in [0.3, 0.4) is 0 Å². The smallest absolute Gasteiger partial charge is 0.265 e. The van der Waals surface area contributed by atoms with Crippen molar-refractivity contribution in [1.82, 2.24) is 4.90 Å². The van der Waals surface area contributed by atoms with Crippen molar-refractivity contribution in [2.75, 3.05) is 61.5 Å². The van der Waals surface area contributed by atoms with Crippen LogP contribution in [0, 0.1) is 6.92 Å². The fraction of sp³-hybridized carbons (Fsp3) is 0.364. The van der Waals surface area contributed by atoms with Crippen LogP contribution in [0.4, 0.5) is 17.1 Å². The Bertz CT molecular complexity index is 922. The molecule has 0 bridgehead atoms. The fourth-order valence-corrected chi connectivity index (χ4v) is 3.71. The first-order chi connectivity index (χ1) is 14.0. The second-order valence-corrected chi connectivity index (χ2v) is 7.57. The van der Waals surface area contributed by atoms with Crippen LogP contribution >= 0.6 is 0 Å². The van der Waals surface area contributed by atoms with Crippen molar-refractivity contribution in [3.63, 3.8) is 0 Å². The van der Waals surface area contributed by atoms with Crippen LogP contribution < -0.4 is 19.9 Å². The SMILES string of the molecule is Cc1cc(N2CCN(C)CC2)ccc1NC(=O)CN1C(=O)COc2ccccc21. The molecule has 0 saturated carbocycles. The molecule has 1 fully saturated rings. The van der Waals surface area contributed by atoms with E-state index in [0.717, 1.165) is 37.4 Å². The summed E-state index contributed by atoms with van der Waals surface area (Å²) >= 11 is 0. The summed E-state index contributed by atoms with van der Waals surface area (Å²) in [6.45, 7) is 5.99. The van der Waals surface area contributed by atoms with Gasteiger partial charge < -0.3 is 19.9 Å². The highest BCUT2D eigenvalue weighted by Crippen LogP contribution is 2.31.